The van der Waals surface area contributed by atoms with Crippen molar-refractivity contribution in [3.8, 4) is 22.4 Å². The van der Waals surface area contributed by atoms with Crippen LogP contribution in [0.2, 0.25) is 0 Å². The maximum Gasteiger partial charge on any atom is 0.0788 e. The van der Waals surface area contributed by atoms with Gasteiger partial charge in [-0.2, -0.15) is 0 Å². The molecule has 0 fully saturated rings. The quantitative estimate of drug-likeness (QED) is 0.205. The molecule has 1 aliphatic heterocycles. The molecule has 0 atom stereocenters. The van der Waals surface area contributed by atoms with E-state index in [0.29, 0.717) is 6.54 Å². The molecule has 4 heterocycles. The van der Waals surface area contributed by atoms with Gasteiger partial charge in [-0.05, 0) is 47.0 Å². The van der Waals surface area contributed by atoms with Gasteiger partial charge >= 0.3 is 0 Å². The number of benzene rings is 5. The monoisotopic (exact) mass is 540 g/mol. The second-order valence-electron chi connectivity index (χ2n) is 10.5. The van der Waals surface area contributed by atoms with Gasteiger partial charge in [0.05, 0.1) is 16.7 Å². The van der Waals surface area contributed by atoms with Crippen LogP contribution in [0.1, 0.15) is 5.56 Å². The number of hydrogen-bond acceptors (Lipinski definition) is 3. The molecule has 0 N–H and O–H groups in total. The van der Waals surface area contributed by atoms with E-state index in [1.54, 1.807) is 0 Å². The van der Waals surface area contributed by atoms with Gasteiger partial charge < -0.3 is 5.32 Å². The summed E-state index contributed by atoms with van der Waals surface area (Å²) in [5.41, 5.74) is 8.68. The van der Waals surface area contributed by atoms with Crippen LogP contribution in [-0.2, 0) is 0 Å². The van der Waals surface area contributed by atoms with E-state index in [-0.39, 0.29) is 0 Å². The van der Waals surface area contributed by atoms with Crippen molar-refractivity contribution < 1.29 is 0 Å². The highest BCUT2D eigenvalue weighted by atomic mass is 32.1. The summed E-state index contributed by atoms with van der Waals surface area (Å²) >= 11 is 1.87. The van der Waals surface area contributed by atoms with Crippen molar-refractivity contribution in [2.24, 2.45) is 0 Å². The molecule has 0 saturated heterocycles. The third-order valence-corrected chi connectivity index (χ3v) is 9.41. The summed E-state index contributed by atoms with van der Waals surface area (Å²) in [5.74, 6) is 0. The molecule has 0 spiro atoms. The summed E-state index contributed by atoms with van der Waals surface area (Å²) < 4.78 is 2.60. The summed E-state index contributed by atoms with van der Waals surface area (Å²) in [6, 6.07) is 37.0. The molecule has 4 heteroatoms. The van der Waals surface area contributed by atoms with Gasteiger partial charge in [0, 0.05) is 53.5 Å². The summed E-state index contributed by atoms with van der Waals surface area (Å²) in [5, 5.41) is 12.1. The lowest BCUT2D eigenvalue weighted by atomic mass is 9.94. The molecular weight excluding hydrogens is 518 g/mol. The molecule has 0 saturated carbocycles. The first-order chi connectivity index (χ1) is 20.3. The standard InChI is InChI=1S/C37H22N3S/c1-2-8-22(9-3-1)34-28-16-15-26-30-20-23(29-21-24-10-6-18-38-35(24)36-25(29)12-7-19-39-36)14-17-32(30)41-37(26)33(28)27-11-4-5-13-31(27)40-34/h1-17,19-21H,18H2/q-1. The summed E-state index contributed by atoms with van der Waals surface area (Å²) in [4.78, 5) is 9.89. The number of para-hydroxylation sites is 1. The molecule has 3 aromatic heterocycles. The van der Waals surface area contributed by atoms with Crippen molar-refractivity contribution in [3.05, 3.63) is 126 Å². The smallest absolute Gasteiger partial charge is 0.0788 e. The number of thiophene rings is 1. The molecule has 0 bridgehead atoms. The third-order valence-electron chi connectivity index (χ3n) is 8.21. The molecule has 8 aromatic rings. The minimum Gasteiger partial charge on any atom is -0.679 e. The number of rotatable bonds is 2. The molecule has 0 unspecified atom stereocenters. The Balaban J connectivity index is 1.34. The number of nitrogens with zero attached hydrogens (tertiary/aromatic N) is 3. The second kappa shape index (κ2) is 8.72. The number of aromatic nitrogens is 2. The lowest BCUT2D eigenvalue weighted by Crippen LogP contribution is -1.93. The second-order valence-corrected chi connectivity index (χ2v) is 11.6. The van der Waals surface area contributed by atoms with E-state index in [1.165, 1.54) is 47.5 Å². The molecule has 41 heavy (non-hydrogen) atoms. The zero-order valence-corrected chi connectivity index (χ0v) is 22.8. The van der Waals surface area contributed by atoms with Crippen LogP contribution in [0.25, 0.3) is 86.5 Å². The van der Waals surface area contributed by atoms with Crippen LogP contribution in [0.15, 0.2) is 115 Å². The average Bonchev–Trinajstić information content (AvgIpc) is 3.42. The van der Waals surface area contributed by atoms with E-state index in [2.05, 4.69) is 109 Å². The zero-order chi connectivity index (χ0) is 26.9. The van der Waals surface area contributed by atoms with Gasteiger partial charge in [0.1, 0.15) is 0 Å². The Hall–Kier alpha value is -5.06. The minimum absolute atomic E-state index is 0.703. The average molecular weight is 541 g/mol. The van der Waals surface area contributed by atoms with Crippen molar-refractivity contribution in [1.29, 1.82) is 0 Å². The van der Waals surface area contributed by atoms with E-state index < -0.39 is 0 Å². The van der Waals surface area contributed by atoms with Crippen molar-refractivity contribution in [2.75, 3.05) is 6.54 Å². The van der Waals surface area contributed by atoms with Crippen LogP contribution in [-0.4, -0.2) is 16.5 Å². The predicted octanol–water partition coefficient (Wildman–Crippen LogP) is 10.7. The van der Waals surface area contributed by atoms with Crippen molar-refractivity contribution in [1.82, 2.24) is 9.97 Å². The van der Waals surface area contributed by atoms with Gasteiger partial charge in [0.25, 0.3) is 0 Å². The SMILES string of the molecule is C1=Cc2cc(-c3ccc4sc5c(ccc6c(-c7ccccc7)nc7ccccc7c65)c4c3)c3cccnc3c2[N-]C1. The fourth-order valence-electron chi connectivity index (χ4n) is 6.36. The highest BCUT2D eigenvalue weighted by Gasteiger charge is 2.17. The van der Waals surface area contributed by atoms with E-state index in [4.69, 9.17) is 15.3 Å². The molecule has 192 valence electrons. The van der Waals surface area contributed by atoms with Crippen molar-refractivity contribution in [2.45, 2.75) is 0 Å². The van der Waals surface area contributed by atoms with Gasteiger partial charge in [-0.1, -0.05) is 78.9 Å². The largest absolute Gasteiger partial charge is 0.679 e. The van der Waals surface area contributed by atoms with Crippen LogP contribution in [0, 0.1) is 0 Å². The number of pyridine rings is 2. The topological polar surface area (TPSA) is 39.9 Å². The molecule has 3 nitrogen and oxygen atoms in total. The molecule has 0 amide bonds. The molecule has 9 rings (SSSR count). The highest BCUT2D eigenvalue weighted by Crippen LogP contribution is 2.46. The first-order valence-electron chi connectivity index (χ1n) is 13.8. The Kier molecular flexibility index (Phi) is 4.83. The van der Waals surface area contributed by atoms with Crippen LogP contribution >= 0.6 is 11.3 Å². The van der Waals surface area contributed by atoms with E-state index >= 15 is 0 Å². The maximum absolute atomic E-state index is 5.14. The van der Waals surface area contributed by atoms with Crippen molar-refractivity contribution >= 4 is 75.9 Å². The normalized spacial score (nSPS) is 12.9. The predicted molar refractivity (Wildman–Crippen MR) is 175 cm³/mol. The van der Waals surface area contributed by atoms with Crippen LogP contribution in [0.4, 0.5) is 5.69 Å². The van der Waals surface area contributed by atoms with Gasteiger partial charge in [0.15, 0.2) is 0 Å². The molecule has 5 aromatic carbocycles. The fraction of sp³-hybridized carbons (Fsp3) is 0.0270. The van der Waals surface area contributed by atoms with Crippen molar-refractivity contribution in [3.63, 3.8) is 0 Å². The van der Waals surface area contributed by atoms with Gasteiger partial charge in [-0.15, -0.1) is 29.6 Å². The Bertz CT molecular complexity index is 2370. The van der Waals surface area contributed by atoms with Gasteiger partial charge in [-0.25, -0.2) is 4.98 Å². The Morgan fingerprint density at radius 1 is 0.683 bits per heavy atom. The summed E-state index contributed by atoms with van der Waals surface area (Å²) in [6.07, 6.45) is 6.16. The van der Waals surface area contributed by atoms with Crippen LogP contribution in [0.3, 0.4) is 0 Å². The minimum atomic E-state index is 0.703. The van der Waals surface area contributed by atoms with E-state index in [0.717, 1.165) is 38.9 Å². The maximum atomic E-state index is 5.14. The molecule has 0 radical (unpaired) electrons. The molecule has 1 aliphatic rings. The molecular formula is C37H22N3S-. The van der Waals surface area contributed by atoms with Crippen LogP contribution < -0.4 is 0 Å². The summed E-state index contributed by atoms with van der Waals surface area (Å²) in [6.45, 7) is 0.703. The Morgan fingerprint density at radius 2 is 1.54 bits per heavy atom. The number of fused-ring (bicyclic) bond motifs is 10. The zero-order valence-electron chi connectivity index (χ0n) is 22.0. The fourth-order valence-corrected chi connectivity index (χ4v) is 7.60. The lowest BCUT2D eigenvalue weighted by Gasteiger charge is -2.28. The van der Waals surface area contributed by atoms with Gasteiger partial charge in [-0.3, -0.25) is 4.98 Å². The van der Waals surface area contributed by atoms with Gasteiger partial charge in [0.2, 0.25) is 0 Å². The molecule has 0 aliphatic carbocycles. The van der Waals surface area contributed by atoms with E-state index in [9.17, 15) is 0 Å². The Morgan fingerprint density at radius 3 is 2.49 bits per heavy atom. The van der Waals surface area contributed by atoms with Crippen LogP contribution in [0.5, 0.6) is 0 Å². The Labute approximate surface area is 240 Å². The number of hydrogen-bond donors (Lipinski definition) is 0. The third kappa shape index (κ3) is 3.38. The van der Waals surface area contributed by atoms with E-state index in [1.807, 2.05) is 23.6 Å². The first kappa shape index (κ1) is 22.7. The summed E-state index contributed by atoms with van der Waals surface area (Å²) in [7, 11) is 0. The first-order valence-corrected chi connectivity index (χ1v) is 14.6. The highest BCUT2D eigenvalue weighted by molar-refractivity contribution is 7.26. The lowest BCUT2D eigenvalue weighted by molar-refractivity contribution is 1.36.